The molecule has 4 nitrogen and oxygen atoms in total. The Balaban J connectivity index is 1.80. The molecule has 4 rings (SSSR count). The molecule has 0 radical (unpaired) electrons. The molecule has 3 aromatic rings. The van der Waals surface area contributed by atoms with Crippen LogP contribution in [0, 0.1) is 0 Å². The van der Waals surface area contributed by atoms with E-state index < -0.39 is 4.75 Å². The van der Waals surface area contributed by atoms with Crippen LogP contribution >= 0.6 is 12.6 Å². The van der Waals surface area contributed by atoms with Gasteiger partial charge in [0, 0.05) is 0 Å². The van der Waals surface area contributed by atoms with E-state index in [-0.39, 0.29) is 0 Å². The Bertz CT molecular complexity index is 942. The van der Waals surface area contributed by atoms with Crippen LogP contribution in [0.1, 0.15) is 5.56 Å². The predicted octanol–water partition coefficient (Wildman–Crippen LogP) is 5.42. The third-order valence-corrected chi connectivity index (χ3v) is 4.83. The zero-order valence-electron chi connectivity index (χ0n) is 14.6. The molecule has 0 amide bonds. The van der Waals surface area contributed by atoms with Gasteiger partial charge >= 0.3 is 0 Å². The van der Waals surface area contributed by atoms with E-state index >= 15 is 0 Å². The molecule has 0 bridgehead atoms. The third-order valence-electron chi connectivity index (χ3n) is 4.32. The lowest BCUT2D eigenvalue weighted by atomic mass is 9.99. The van der Waals surface area contributed by atoms with Crippen molar-refractivity contribution in [3.05, 3.63) is 84.4 Å². The smallest absolute Gasteiger partial charge is 0.145 e. The van der Waals surface area contributed by atoms with Crippen LogP contribution in [0.2, 0.25) is 0 Å². The van der Waals surface area contributed by atoms with Gasteiger partial charge in [0.05, 0.1) is 0 Å². The highest BCUT2D eigenvalue weighted by Gasteiger charge is 2.31. The predicted molar refractivity (Wildman–Crippen MR) is 110 cm³/mol. The second-order valence-corrected chi connectivity index (χ2v) is 7.09. The Morgan fingerprint density at radius 3 is 1.74 bits per heavy atom. The summed E-state index contributed by atoms with van der Waals surface area (Å²) in [7, 11) is 0. The summed E-state index contributed by atoms with van der Waals surface area (Å²) in [5, 5.41) is 0. The molecule has 0 spiro atoms. The van der Waals surface area contributed by atoms with E-state index in [1.54, 1.807) is 0 Å². The lowest BCUT2D eigenvalue weighted by Gasteiger charge is -2.29. The number of hydrogen-bond donors (Lipinski definition) is 1. The van der Waals surface area contributed by atoms with Gasteiger partial charge in [0.2, 0.25) is 0 Å². The molecule has 0 N–H and O–H groups in total. The first-order valence-electron chi connectivity index (χ1n) is 8.63. The lowest BCUT2D eigenvalue weighted by Crippen LogP contribution is -2.34. The van der Waals surface area contributed by atoms with Crippen molar-refractivity contribution in [3.63, 3.8) is 0 Å². The van der Waals surface area contributed by atoms with Crippen LogP contribution in [0.15, 0.2) is 88.8 Å². The van der Waals surface area contributed by atoms with Crippen LogP contribution < -0.4 is 9.47 Å². The summed E-state index contributed by atoms with van der Waals surface area (Å²) in [4.78, 5) is 8.64. The van der Waals surface area contributed by atoms with Crippen LogP contribution in [0.25, 0.3) is 0 Å². The zero-order valence-corrected chi connectivity index (χ0v) is 15.5. The Kier molecular flexibility index (Phi) is 4.97. The fraction of sp³-hybridized carbons (Fsp3) is 0.136. The van der Waals surface area contributed by atoms with Crippen LogP contribution in [-0.2, 0) is 4.75 Å². The number of hydrogen-bond acceptors (Lipinski definition) is 5. The minimum atomic E-state index is -0.645. The molecule has 0 unspecified atom stereocenters. The lowest BCUT2D eigenvalue weighted by molar-refractivity contribution is 0.202. The molecule has 3 aromatic carbocycles. The fourth-order valence-electron chi connectivity index (χ4n) is 2.83. The zero-order chi connectivity index (χ0) is 18.5. The van der Waals surface area contributed by atoms with Crippen molar-refractivity contribution in [3.8, 4) is 11.5 Å². The van der Waals surface area contributed by atoms with E-state index in [1.807, 2.05) is 78.9 Å². The van der Waals surface area contributed by atoms with Crippen LogP contribution in [0.4, 0.5) is 11.4 Å². The van der Waals surface area contributed by atoms with Gasteiger partial charge in [-0.05, 0) is 29.8 Å². The van der Waals surface area contributed by atoms with Crippen molar-refractivity contribution in [1.29, 1.82) is 0 Å². The molecule has 1 heterocycles. The molecule has 0 aliphatic carbocycles. The van der Waals surface area contributed by atoms with E-state index in [2.05, 4.69) is 16.0 Å². The molecule has 0 fully saturated rings. The maximum atomic E-state index is 6.09. The van der Waals surface area contributed by atoms with Crippen LogP contribution in [0.5, 0.6) is 11.5 Å². The summed E-state index contributed by atoms with van der Waals surface area (Å²) in [6.45, 7) is 0.651. The molecule has 0 saturated heterocycles. The largest absolute Gasteiger partial charge is 0.489 e. The Labute approximate surface area is 163 Å². The minimum Gasteiger partial charge on any atom is -0.489 e. The van der Waals surface area contributed by atoms with Gasteiger partial charge in [0.1, 0.15) is 46.8 Å². The van der Waals surface area contributed by atoms with Crippen LogP contribution in [0.3, 0.4) is 0 Å². The van der Waals surface area contributed by atoms with Crippen LogP contribution in [-0.4, -0.2) is 19.2 Å². The van der Waals surface area contributed by atoms with Crippen molar-refractivity contribution < 1.29 is 9.47 Å². The van der Waals surface area contributed by atoms with Gasteiger partial charge in [-0.1, -0.05) is 54.6 Å². The number of benzene rings is 3. The maximum Gasteiger partial charge on any atom is 0.145 e. The van der Waals surface area contributed by atoms with E-state index in [9.17, 15) is 0 Å². The normalized spacial score (nSPS) is 18.9. The van der Waals surface area contributed by atoms with Crippen molar-refractivity contribution in [2.75, 3.05) is 13.2 Å². The van der Waals surface area contributed by atoms with Gasteiger partial charge in [-0.2, -0.15) is 22.6 Å². The minimum absolute atomic E-state index is 0.325. The van der Waals surface area contributed by atoms with Gasteiger partial charge in [0.25, 0.3) is 0 Å². The van der Waals surface area contributed by atoms with Crippen molar-refractivity contribution in [2.24, 2.45) is 9.98 Å². The fourth-order valence-corrected chi connectivity index (χ4v) is 3.11. The second kappa shape index (κ2) is 7.70. The highest BCUT2D eigenvalue weighted by Crippen LogP contribution is 2.35. The number of fused-ring (bicyclic) bond motifs is 2. The number of nitrogens with zero attached hydrogens (tertiary/aromatic N) is 2. The summed E-state index contributed by atoms with van der Waals surface area (Å²) < 4.78 is 11.5. The van der Waals surface area contributed by atoms with Gasteiger partial charge in [-0.15, -0.1) is 0 Å². The number of ether oxygens (including phenoxy) is 2. The Morgan fingerprint density at radius 1 is 0.704 bits per heavy atom. The Morgan fingerprint density at radius 2 is 1.19 bits per heavy atom. The molecule has 1 aliphatic rings. The summed E-state index contributed by atoms with van der Waals surface area (Å²) >= 11 is 4.96. The first-order valence-corrected chi connectivity index (χ1v) is 9.07. The topological polar surface area (TPSA) is 43.2 Å². The molecule has 0 atom stereocenters. The molecule has 1 aliphatic heterocycles. The average Bonchev–Trinajstić information content (AvgIpc) is 2.72. The second-order valence-electron chi connectivity index (χ2n) is 6.23. The highest BCUT2D eigenvalue weighted by atomic mass is 32.1. The summed E-state index contributed by atoms with van der Waals surface area (Å²) in [5.41, 5.74) is 2.36. The van der Waals surface area contributed by atoms with E-state index in [1.165, 1.54) is 0 Å². The molecule has 0 aromatic heterocycles. The molecule has 134 valence electrons. The monoisotopic (exact) mass is 374 g/mol. The van der Waals surface area contributed by atoms with Gasteiger partial charge in [-0.25, -0.2) is 0 Å². The maximum absolute atomic E-state index is 6.09. The summed E-state index contributed by atoms with van der Waals surface area (Å²) in [6, 6.07) is 27.9. The number of rotatable bonds is 1. The standard InChI is InChI=1S/C22H18N2O2S/c27-22(17-8-2-1-3-9-17)14-25-20-12-6-4-10-18(20)23-16-24-19-11-5-7-13-21(19)26-15-22/h1-13,27H,14-15H2. The van der Waals surface area contributed by atoms with Gasteiger partial charge in [-0.3, -0.25) is 0 Å². The molecular weight excluding hydrogens is 356 g/mol. The summed E-state index contributed by atoms with van der Waals surface area (Å²) in [5.74, 6) is 1.31. The molecule has 5 heteroatoms. The Hall–Kier alpha value is -3.01. The summed E-state index contributed by atoms with van der Waals surface area (Å²) in [6.07, 6.45) is 0. The SMILES string of the molecule is SC1(c2ccccc2)COc2ccccc2N=C=Nc2ccccc2OC1. The first-order chi connectivity index (χ1) is 13.2. The first kappa shape index (κ1) is 17.4. The van der Waals surface area contributed by atoms with Crippen molar-refractivity contribution in [1.82, 2.24) is 0 Å². The van der Waals surface area contributed by atoms with E-state index in [0.29, 0.717) is 36.1 Å². The van der Waals surface area contributed by atoms with E-state index in [0.717, 1.165) is 5.56 Å². The average molecular weight is 374 g/mol. The highest BCUT2D eigenvalue weighted by molar-refractivity contribution is 7.81. The van der Waals surface area contributed by atoms with Crippen molar-refractivity contribution >= 4 is 30.0 Å². The molecular formula is C22H18N2O2S. The number of thiol groups is 1. The van der Waals surface area contributed by atoms with Crippen molar-refractivity contribution in [2.45, 2.75) is 4.75 Å². The quantitative estimate of drug-likeness (QED) is 0.578. The molecule has 27 heavy (non-hydrogen) atoms. The van der Waals surface area contributed by atoms with Gasteiger partial charge < -0.3 is 9.47 Å². The third kappa shape index (κ3) is 3.90. The number of aliphatic imine (C=N–C) groups is 2. The van der Waals surface area contributed by atoms with Gasteiger partial charge in [0.15, 0.2) is 0 Å². The number of para-hydroxylation sites is 4. The van der Waals surface area contributed by atoms with E-state index in [4.69, 9.17) is 22.1 Å². The molecule has 0 saturated carbocycles.